The average Bonchev–Trinajstić information content (AvgIpc) is 3.40. The fraction of sp³-hybridized carbons (Fsp3) is 0.256. The second kappa shape index (κ2) is 12.8. The van der Waals surface area contributed by atoms with E-state index in [0.29, 0.717) is 23.3 Å². The molecule has 4 aromatic rings. The van der Waals surface area contributed by atoms with Gasteiger partial charge in [-0.05, 0) is 59.2 Å². The molecule has 1 N–H and O–H groups in total. The molecule has 0 bridgehead atoms. The van der Waals surface area contributed by atoms with Crippen LogP contribution in [-0.2, 0) is 31.1 Å². The van der Waals surface area contributed by atoms with Crippen LogP contribution >= 0.6 is 0 Å². The summed E-state index contributed by atoms with van der Waals surface area (Å²) in [6, 6.07) is 35.8. The topological polar surface area (TPSA) is 101 Å². The average molecular weight is 664 g/mol. The third-order valence-electron chi connectivity index (χ3n) is 11.2. The number of fused-ring (bicyclic) bond motifs is 4. The molecule has 250 valence electrons. The Labute approximate surface area is 290 Å². The van der Waals surface area contributed by atoms with Crippen molar-refractivity contribution < 1.29 is 29.0 Å². The van der Waals surface area contributed by atoms with Crippen LogP contribution in [0.3, 0.4) is 0 Å². The predicted molar refractivity (Wildman–Crippen MR) is 188 cm³/mol. The number of rotatable bonds is 8. The zero-order valence-corrected chi connectivity index (χ0v) is 27.5. The smallest absolute Gasteiger partial charge is 0.234 e. The van der Waals surface area contributed by atoms with Crippen molar-refractivity contribution in [3.05, 3.63) is 155 Å². The van der Waals surface area contributed by atoms with Crippen LogP contribution in [0.25, 0.3) is 5.57 Å². The van der Waals surface area contributed by atoms with Crippen LogP contribution in [0.1, 0.15) is 41.0 Å². The Morgan fingerprint density at radius 3 is 2.10 bits per heavy atom. The highest BCUT2D eigenvalue weighted by Gasteiger charge is 2.65. The lowest BCUT2D eigenvalue weighted by Crippen LogP contribution is -2.58. The lowest BCUT2D eigenvalue weighted by Gasteiger charge is -2.55. The Morgan fingerprint density at radius 2 is 1.42 bits per heavy atom. The zero-order chi connectivity index (χ0) is 34.4. The van der Waals surface area contributed by atoms with Crippen LogP contribution in [0, 0.1) is 23.7 Å². The van der Waals surface area contributed by atoms with E-state index in [1.165, 1.54) is 11.0 Å². The maximum absolute atomic E-state index is 15.1. The molecule has 1 aliphatic heterocycles. The number of aliphatic hydroxyl groups excluding tert-OH is 1. The van der Waals surface area contributed by atoms with E-state index in [0.717, 1.165) is 22.3 Å². The molecule has 4 aromatic carbocycles. The number of likely N-dealkylation sites (tertiary alicyclic amines) is 1. The monoisotopic (exact) mass is 663 g/mol. The van der Waals surface area contributed by atoms with Gasteiger partial charge in [0.05, 0.1) is 30.4 Å². The first kappa shape index (κ1) is 31.8. The summed E-state index contributed by atoms with van der Waals surface area (Å²) in [5, 5.41) is 9.32. The summed E-state index contributed by atoms with van der Waals surface area (Å²) < 4.78 is 5.68. The van der Waals surface area contributed by atoms with Gasteiger partial charge in [0.15, 0.2) is 11.6 Å². The fourth-order valence-electron chi connectivity index (χ4n) is 9.16. The van der Waals surface area contributed by atoms with E-state index >= 15 is 9.59 Å². The largest absolute Gasteiger partial charge is 0.491 e. The van der Waals surface area contributed by atoms with Crippen molar-refractivity contribution in [1.82, 2.24) is 4.90 Å². The molecule has 0 unspecified atom stereocenters. The Morgan fingerprint density at radius 1 is 0.760 bits per heavy atom. The van der Waals surface area contributed by atoms with E-state index in [2.05, 4.69) is 6.08 Å². The van der Waals surface area contributed by atoms with Crippen LogP contribution in [0.4, 0.5) is 0 Å². The van der Waals surface area contributed by atoms with Gasteiger partial charge in [-0.1, -0.05) is 115 Å². The zero-order valence-electron chi connectivity index (χ0n) is 27.5. The second-order valence-electron chi connectivity index (χ2n) is 13.7. The molecular formula is C43H37NO6. The summed E-state index contributed by atoms with van der Waals surface area (Å²) in [7, 11) is 0. The maximum atomic E-state index is 15.1. The summed E-state index contributed by atoms with van der Waals surface area (Å²) in [6.07, 6.45) is 4.26. The van der Waals surface area contributed by atoms with E-state index in [1.54, 1.807) is 0 Å². The van der Waals surface area contributed by atoms with E-state index in [-0.39, 0.29) is 49.6 Å². The molecule has 0 spiro atoms. The lowest BCUT2D eigenvalue weighted by molar-refractivity contribution is -0.141. The van der Waals surface area contributed by atoms with Crippen molar-refractivity contribution in [2.75, 3.05) is 13.2 Å². The third kappa shape index (κ3) is 4.99. The standard InChI is InChI=1S/C43H37NO6/c45-22-23-50-31-18-16-29(17-19-31)39-32-20-21-33-38(42(49)44(41(33)48)26-27-10-4-1-5-11-27)35(32)24-36-40(47)34(28-12-6-2-7-13-28)25-37(46)43(36,39)30-14-8-3-9-15-30/h1-20,25,33,35-36,38-39,45H,21-24,26H2/t33-,35+,36-,38-,39-,43-/m0/s1. The van der Waals surface area contributed by atoms with Crippen molar-refractivity contribution in [1.29, 1.82) is 0 Å². The Hall–Kier alpha value is -5.40. The first-order valence-electron chi connectivity index (χ1n) is 17.3. The van der Waals surface area contributed by atoms with Crippen molar-refractivity contribution in [2.24, 2.45) is 23.7 Å². The summed E-state index contributed by atoms with van der Waals surface area (Å²) in [4.78, 5) is 59.9. The second-order valence-corrected chi connectivity index (χ2v) is 13.7. The van der Waals surface area contributed by atoms with Gasteiger partial charge in [0.1, 0.15) is 12.4 Å². The summed E-state index contributed by atoms with van der Waals surface area (Å²) in [5.74, 6) is -3.08. The number of ether oxygens (including phenoxy) is 1. The molecule has 7 nitrogen and oxygen atoms in total. The van der Waals surface area contributed by atoms with Gasteiger partial charge < -0.3 is 9.84 Å². The van der Waals surface area contributed by atoms with Crippen LogP contribution in [-0.4, -0.2) is 46.6 Å². The number of nitrogens with zero attached hydrogens (tertiary/aromatic N) is 1. The van der Waals surface area contributed by atoms with Crippen molar-refractivity contribution in [2.45, 2.75) is 30.7 Å². The summed E-state index contributed by atoms with van der Waals surface area (Å²) in [5.41, 5.74) is 3.14. The van der Waals surface area contributed by atoms with Gasteiger partial charge in [-0.3, -0.25) is 24.1 Å². The minimum Gasteiger partial charge on any atom is -0.491 e. The van der Waals surface area contributed by atoms with Crippen molar-refractivity contribution >= 4 is 29.0 Å². The van der Waals surface area contributed by atoms with Crippen LogP contribution < -0.4 is 4.74 Å². The number of carbonyl (C=O) groups excluding carboxylic acids is 4. The van der Waals surface area contributed by atoms with Crippen LogP contribution in [0.15, 0.2) is 133 Å². The number of amides is 2. The maximum Gasteiger partial charge on any atom is 0.234 e. The molecule has 1 saturated heterocycles. The molecule has 1 heterocycles. The van der Waals surface area contributed by atoms with Gasteiger partial charge in [-0.25, -0.2) is 0 Å². The van der Waals surface area contributed by atoms with Crippen molar-refractivity contribution in [3.63, 3.8) is 0 Å². The highest BCUT2D eigenvalue weighted by Crippen LogP contribution is 2.63. The molecule has 0 radical (unpaired) electrons. The molecule has 7 heteroatoms. The van der Waals surface area contributed by atoms with E-state index in [1.807, 2.05) is 115 Å². The molecule has 0 aromatic heterocycles. The lowest BCUT2D eigenvalue weighted by atomic mass is 9.44. The molecular weight excluding hydrogens is 626 g/mol. The van der Waals surface area contributed by atoms with E-state index in [4.69, 9.17) is 4.74 Å². The van der Waals surface area contributed by atoms with Gasteiger partial charge in [-0.2, -0.15) is 0 Å². The van der Waals surface area contributed by atoms with Crippen molar-refractivity contribution in [3.8, 4) is 5.75 Å². The van der Waals surface area contributed by atoms with Gasteiger partial charge in [0.25, 0.3) is 0 Å². The third-order valence-corrected chi connectivity index (χ3v) is 11.2. The number of carbonyl (C=O) groups is 4. The van der Waals surface area contributed by atoms with Gasteiger partial charge in [0.2, 0.25) is 11.8 Å². The number of Topliss-reactive ketones (excluding diaryl/α,β-unsaturated/α-hetero) is 1. The SMILES string of the molecule is O=C1C(c2ccccc2)=CC(=O)[C@@]2(c3ccccc3)[C@@H](c3ccc(OCCO)cc3)C3=CC[C@@H]4C(=O)N(Cc5ccccc5)C(=O)[C@@H]4[C@@H]3C[C@@H]12. The summed E-state index contributed by atoms with van der Waals surface area (Å²) in [6.45, 7) is 0.216. The number of allylic oxidation sites excluding steroid dienone is 4. The van der Waals surface area contributed by atoms with Gasteiger partial charge in [0, 0.05) is 17.4 Å². The minimum atomic E-state index is -1.28. The number of imide groups is 1. The first-order chi connectivity index (χ1) is 24.4. The molecule has 8 rings (SSSR count). The van der Waals surface area contributed by atoms with E-state index in [9.17, 15) is 14.7 Å². The van der Waals surface area contributed by atoms with Gasteiger partial charge >= 0.3 is 0 Å². The number of hydrogen-bond donors (Lipinski definition) is 1. The quantitative estimate of drug-likeness (QED) is 0.181. The van der Waals surface area contributed by atoms with E-state index < -0.39 is 35.0 Å². The molecule has 1 saturated carbocycles. The Balaban J connectivity index is 1.31. The normalized spacial score (nSPS) is 27.2. The molecule has 50 heavy (non-hydrogen) atoms. The first-order valence-corrected chi connectivity index (χ1v) is 17.3. The number of aliphatic hydroxyl groups is 1. The molecule has 6 atom stereocenters. The minimum absolute atomic E-state index is 0.124. The molecule has 2 amide bonds. The fourth-order valence-corrected chi connectivity index (χ4v) is 9.16. The number of benzene rings is 4. The number of ketones is 2. The highest BCUT2D eigenvalue weighted by atomic mass is 16.5. The van der Waals surface area contributed by atoms with Crippen LogP contribution in [0.2, 0.25) is 0 Å². The molecule has 3 aliphatic carbocycles. The Bertz CT molecular complexity index is 2020. The molecule has 4 aliphatic rings. The Kier molecular flexibility index (Phi) is 8.16. The molecule has 2 fully saturated rings. The summed E-state index contributed by atoms with van der Waals surface area (Å²) >= 11 is 0. The number of hydrogen-bond acceptors (Lipinski definition) is 6. The van der Waals surface area contributed by atoms with Crippen LogP contribution in [0.5, 0.6) is 5.75 Å². The van der Waals surface area contributed by atoms with Gasteiger partial charge in [-0.15, -0.1) is 0 Å². The predicted octanol–water partition coefficient (Wildman–Crippen LogP) is 6.08. The highest BCUT2D eigenvalue weighted by molar-refractivity contribution is 6.31.